The van der Waals surface area contributed by atoms with E-state index in [2.05, 4.69) is 15.5 Å². The van der Waals surface area contributed by atoms with Gasteiger partial charge in [-0.3, -0.25) is 14.8 Å². The highest BCUT2D eigenvalue weighted by molar-refractivity contribution is 5.99. The van der Waals surface area contributed by atoms with Crippen LogP contribution in [0.3, 0.4) is 0 Å². The largest absolute Gasteiger partial charge is 0.477 e. The summed E-state index contributed by atoms with van der Waals surface area (Å²) in [6.07, 6.45) is -2.76. The Bertz CT molecular complexity index is 982. The summed E-state index contributed by atoms with van der Waals surface area (Å²) in [5.41, 5.74) is 0.386. The standard InChI is InChI=1S/C17H15F3N4O3/c1-9-6-7-13(14-21-8-10(16(26)27)15(25)24(9)14)23-22-12-5-3-2-4-11(12)17(18,19)20/h2-5,8-9,22H,6-7H2,1H3,(H,26,27)/b23-13+. The van der Waals surface area contributed by atoms with Gasteiger partial charge in [0.05, 0.1) is 11.3 Å². The lowest BCUT2D eigenvalue weighted by Gasteiger charge is -2.25. The van der Waals surface area contributed by atoms with Crippen molar-refractivity contribution in [1.29, 1.82) is 0 Å². The molecule has 1 aliphatic rings. The molecule has 2 heterocycles. The first kappa shape index (κ1) is 18.6. The topological polar surface area (TPSA) is 96.6 Å². The van der Waals surface area contributed by atoms with Gasteiger partial charge >= 0.3 is 12.1 Å². The van der Waals surface area contributed by atoms with Crippen LogP contribution in [0.25, 0.3) is 0 Å². The number of hydrogen-bond acceptors (Lipinski definition) is 5. The van der Waals surface area contributed by atoms with Gasteiger partial charge in [0, 0.05) is 12.2 Å². The van der Waals surface area contributed by atoms with E-state index in [1.54, 1.807) is 6.92 Å². The van der Waals surface area contributed by atoms with Crippen LogP contribution in [0.1, 0.15) is 47.6 Å². The summed E-state index contributed by atoms with van der Waals surface area (Å²) in [7, 11) is 0. The monoisotopic (exact) mass is 380 g/mol. The number of benzene rings is 1. The quantitative estimate of drug-likeness (QED) is 0.798. The van der Waals surface area contributed by atoms with Crippen molar-refractivity contribution in [3.05, 3.63) is 57.8 Å². The van der Waals surface area contributed by atoms with Gasteiger partial charge in [0.25, 0.3) is 5.56 Å². The highest BCUT2D eigenvalue weighted by Gasteiger charge is 2.33. The second kappa shape index (κ2) is 6.86. The first-order chi connectivity index (χ1) is 12.7. The minimum absolute atomic E-state index is 0.140. The lowest BCUT2D eigenvalue weighted by atomic mass is 10.0. The molecule has 3 rings (SSSR count). The number of carboxylic acid groups (broad SMARTS) is 1. The fourth-order valence-corrected chi connectivity index (χ4v) is 2.89. The molecule has 10 heteroatoms. The molecule has 0 fully saturated rings. The van der Waals surface area contributed by atoms with Crippen molar-refractivity contribution in [3.8, 4) is 0 Å². The Kier molecular flexibility index (Phi) is 4.73. The fraction of sp³-hybridized carbons (Fsp3) is 0.294. The van der Waals surface area contributed by atoms with Crippen LogP contribution < -0.4 is 11.0 Å². The molecular formula is C17H15F3N4O3. The summed E-state index contributed by atoms with van der Waals surface area (Å²) in [6.45, 7) is 1.74. The van der Waals surface area contributed by atoms with Crippen LogP contribution >= 0.6 is 0 Å². The summed E-state index contributed by atoms with van der Waals surface area (Å²) < 4.78 is 40.4. The number of para-hydroxylation sites is 1. The zero-order valence-corrected chi connectivity index (χ0v) is 14.1. The van der Waals surface area contributed by atoms with E-state index in [-0.39, 0.29) is 23.3 Å². The van der Waals surface area contributed by atoms with Crippen molar-refractivity contribution in [3.63, 3.8) is 0 Å². The average molecular weight is 380 g/mol. The Balaban J connectivity index is 2.02. The molecule has 0 saturated carbocycles. The fourth-order valence-electron chi connectivity index (χ4n) is 2.89. The molecule has 0 saturated heterocycles. The summed E-state index contributed by atoms with van der Waals surface area (Å²) in [6, 6.07) is 4.58. The minimum Gasteiger partial charge on any atom is -0.477 e. The molecule has 0 amide bonds. The second-order valence-electron chi connectivity index (χ2n) is 6.08. The van der Waals surface area contributed by atoms with Crippen LogP contribution in [0.15, 0.2) is 40.4 Å². The van der Waals surface area contributed by atoms with E-state index in [1.807, 2.05) is 0 Å². The number of aromatic carboxylic acids is 1. The Hall–Kier alpha value is -3.17. The molecule has 0 spiro atoms. The van der Waals surface area contributed by atoms with E-state index in [9.17, 15) is 22.8 Å². The smallest absolute Gasteiger partial charge is 0.418 e. The van der Waals surface area contributed by atoms with E-state index in [1.165, 1.54) is 22.8 Å². The van der Waals surface area contributed by atoms with Crippen LogP contribution in [0, 0.1) is 0 Å². The third-order valence-corrected chi connectivity index (χ3v) is 4.27. The number of carboxylic acids is 1. The molecule has 1 aromatic heterocycles. The number of carbonyl (C=O) groups is 1. The van der Waals surface area contributed by atoms with Gasteiger partial charge in [-0.25, -0.2) is 9.78 Å². The molecule has 2 aromatic rings. The SMILES string of the molecule is CC1CC/C(=N\Nc2ccccc2C(F)(F)F)c2ncc(C(=O)O)c(=O)n21. The Labute approximate surface area is 151 Å². The van der Waals surface area contributed by atoms with E-state index in [4.69, 9.17) is 5.11 Å². The zero-order chi connectivity index (χ0) is 19.8. The van der Waals surface area contributed by atoms with Gasteiger partial charge in [-0.1, -0.05) is 12.1 Å². The maximum absolute atomic E-state index is 13.1. The average Bonchev–Trinajstić information content (AvgIpc) is 2.60. The van der Waals surface area contributed by atoms with Gasteiger partial charge in [0.2, 0.25) is 0 Å². The second-order valence-corrected chi connectivity index (χ2v) is 6.08. The van der Waals surface area contributed by atoms with E-state index in [0.29, 0.717) is 12.8 Å². The number of nitrogens with zero attached hydrogens (tertiary/aromatic N) is 3. The van der Waals surface area contributed by atoms with Crippen LogP contribution in [0.5, 0.6) is 0 Å². The van der Waals surface area contributed by atoms with Gasteiger partial charge in [0.1, 0.15) is 11.3 Å². The number of alkyl halides is 3. The maximum Gasteiger partial charge on any atom is 0.418 e. The van der Waals surface area contributed by atoms with Crippen molar-refractivity contribution in [2.24, 2.45) is 5.10 Å². The number of hydrogen-bond donors (Lipinski definition) is 2. The third kappa shape index (κ3) is 3.55. The van der Waals surface area contributed by atoms with Crippen LogP contribution in [-0.4, -0.2) is 26.3 Å². The molecule has 0 aliphatic carbocycles. The summed E-state index contributed by atoms with van der Waals surface area (Å²) >= 11 is 0. The van der Waals surface area contributed by atoms with Gasteiger partial charge in [0.15, 0.2) is 5.82 Å². The van der Waals surface area contributed by atoms with Gasteiger partial charge in [-0.05, 0) is 31.9 Å². The molecule has 1 aliphatic heterocycles. The molecule has 1 aromatic carbocycles. The van der Waals surface area contributed by atoms with Crippen molar-refractivity contribution in [1.82, 2.24) is 9.55 Å². The molecule has 27 heavy (non-hydrogen) atoms. The molecular weight excluding hydrogens is 365 g/mol. The van der Waals surface area contributed by atoms with Gasteiger partial charge < -0.3 is 5.11 Å². The number of fused-ring (bicyclic) bond motifs is 1. The summed E-state index contributed by atoms with van der Waals surface area (Å²) in [5.74, 6) is -1.25. The first-order valence-electron chi connectivity index (χ1n) is 8.04. The first-order valence-corrected chi connectivity index (χ1v) is 8.04. The van der Waals surface area contributed by atoms with E-state index >= 15 is 0 Å². The van der Waals surface area contributed by atoms with Crippen LogP contribution in [-0.2, 0) is 6.18 Å². The molecule has 1 atom stereocenters. The molecule has 2 N–H and O–H groups in total. The highest BCUT2D eigenvalue weighted by atomic mass is 19.4. The molecule has 1 unspecified atom stereocenters. The summed E-state index contributed by atoms with van der Waals surface area (Å²) in [5, 5.41) is 13.1. The van der Waals surface area contributed by atoms with Crippen molar-refractivity contribution >= 4 is 17.4 Å². The van der Waals surface area contributed by atoms with E-state index < -0.39 is 28.8 Å². The predicted octanol–water partition coefficient (Wildman–Crippen LogP) is 3.13. The number of anilines is 1. The Morgan fingerprint density at radius 3 is 2.74 bits per heavy atom. The van der Waals surface area contributed by atoms with Gasteiger partial charge in [-0.15, -0.1) is 0 Å². The van der Waals surface area contributed by atoms with Crippen molar-refractivity contribution in [2.45, 2.75) is 32.0 Å². The molecule has 0 bridgehead atoms. The van der Waals surface area contributed by atoms with Gasteiger partial charge in [-0.2, -0.15) is 18.3 Å². The zero-order valence-electron chi connectivity index (χ0n) is 14.1. The lowest BCUT2D eigenvalue weighted by molar-refractivity contribution is -0.137. The van der Waals surface area contributed by atoms with Crippen molar-refractivity contribution in [2.75, 3.05) is 5.43 Å². The number of hydrazone groups is 1. The normalized spacial score (nSPS) is 18.2. The number of aromatic nitrogens is 2. The van der Waals surface area contributed by atoms with Crippen LogP contribution in [0.4, 0.5) is 18.9 Å². The highest BCUT2D eigenvalue weighted by Crippen LogP contribution is 2.34. The van der Waals surface area contributed by atoms with E-state index in [0.717, 1.165) is 12.3 Å². The van der Waals surface area contributed by atoms with Crippen molar-refractivity contribution < 1.29 is 23.1 Å². The Morgan fingerprint density at radius 1 is 1.37 bits per heavy atom. The number of halogens is 3. The predicted molar refractivity (Wildman–Crippen MR) is 91.0 cm³/mol. The number of nitrogens with one attached hydrogen (secondary N) is 1. The van der Waals surface area contributed by atoms with Crippen LogP contribution in [0.2, 0.25) is 0 Å². The minimum atomic E-state index is -4.55. The number of rotatable bonds is 3. The molecule has 7 nitrogen and oxygen atoms in total. The molecule has 0 radical (unpaired) electrons. The molecule has 142 valence electrons. The summed E-state index contributed by atoms with van der Waals surface area (Å²) in [4.78, 5) is 27.5. The Morgan fingerprint density at radius 2 is 2.07 bits per heavy atom. The maximum atomic E-state index is 13.1. The third-order valence-electron chi connectivity index (χ3n) is 4.27. The lowest BCUT2D eigenvalue weighted by Crippen LogP contribution is -2.37.